The lowest BCUT2D eigenvalue weighted by Gasteiger charge is -2.25. The number of nitrogens with zero attached hydrogens (tertiary/aromatic N) is 4. The molecule has 8 heteroatoms. The van der Waals surface area contributed by atoms with Gasteiger partial charge in [0.1, 0.15) is 23.5 Å². The van der Waals surface area contributed by atoms with Crippen LogP contribution < -0.4 is 20.3 Å². The van der Waals surface area contributed by atoms with Crippen LogP contribution in [0.5, 0.6) is 11.5 Å². The van der Waals surface area contributed by atoms with Crippen molar-refractivity contribution in [3.63, 3.8) is 0 Å². The Bertz CT molecular complexity index is 1590. The second kappa shape index (κ2) is 8.27. The van der Waals surface area contributed by atoms with E-state index in [4.69, 9.17) is 9.47 Å². The normalized spacial score (nSPS) is 11.6. The van der Waals surface area contributed by atoms with E-state index in [9.17, 15) is 15.3 Å². The van der Waals surface area contributed by atoms with Gasteiger partial charge in [-0.2, -0.15) is 10.5 Å². The van der Waals surface area contributed by atoms with E-state index in [2.05, 4.69) is 22.4 Å². The Hall–Kier alpha value is -4.82. The zero-order valence-electron chi connectivity index (χ0n) is 18.5. The molecule has 3 heterocycles. The zero-order valence-corrected chi connectivity index (χ0v) is 18.5. The summed E-state index contributed by atoms with van der Waals surface area (Å²) >= 11 is 0. The van der Waals surface area contributed by atoms with Gasteiger partial charge in [0.2, 0.25) is 0 Å². The molecule has 1 N–H and O–H groups in total. The van der Waals surface area contributed by atoms with Crippen molar-refractivity contribution < 1.29 is 9.47 Å². The van der Waals surface area contributed by atoms with Crippen LogP contribution in [0, 0.1) is 22.7 Å². The van der Waals surface area contributed by atoms with Gasteiger partial charge in [-0.25, -0.2) is 4.98 Å². The summed E-state index contributed by atoms with van der Waals surface area (Å²) < 4.78 is 12.5. The molecule has 1 aliphatic rings. The molecular formula is C26H19N5O3. The van der Waals surface area contributed by atoms with Crippen molar-refractivity contribution in [1.29, 1.82) is 10.5 Å². The molecule has 0 saturated carbocycles. The van der Waals surface area contributed by atoms with Crippen molar-refractivity contribution in [2.45, 2.75) is 13.0 Å². The van der Waals surface area contributed by atoms with Gasteiger partial charge in [-0.15, -0.1) is 0 Å². The first kappa shape index (κ1) is 21.0. The Morgan fingerprint density at radius 3 is 2.44 bits per heavy atom. The molecule has 0 amide bonds. The molecule has 2 aromatic heterocycles. The Balaban J connectivity index is 1.82. The number of nitriles is 2. The fourth-order valence-electron chi connectivity index (χ4n) is 4.38. The minimum absolute atomic E-state index is 0.223. The number of aryl methyl sites for hydroxylation is 1. The van der Waals surface area contributed by atoms with E-state index in [1.807, 2.05) is 36.4 Å². The average Bonchev–Trinajstić information content (AvgIpc) is 2.88. The molecule has 0 spiro atoms. The van der Waals surface area contributed by atoms with Crippen molar-refractivity contribution in [3.05, 3.63) is 75.6 Å². The van der Waals surface area contributed by atoms with E-state index in [1.165, 1.54) is 13.2 Å². The molecule has 34 heavy (non-hydrogen) atoms. The van der Waals surface area contributed by atoms with Crippen molar-refractivity contribution >= 4 is 22.4 Å². The maximum absolute atomic E-state index is 13.5. The molecule has 5 rings (SSSR count). The number of nitrogens with one attached hydrogen (secondary N) is 1. The maximum Gasteiger partial charge on any atom is 0.260 e. The fraction of sp³-hybridized carbons (Fsp3) is 0.154. The highest BCUT2D eigenvalue weighted by Crippen LogP contribution is 2.40. The van der Waals surface area contributed by atoms with E-state index in [-0.39, 0.29) is 33.4 Å². The highest BCUT2D eigenvalue weighted by molar-refractivity contribution is 5.93. The number of ether oxygens (including phenoxy) is 2. The third-order valence-corrected chi connectivity index (χ3v) is 5.98. The number of pyridine rings is 2. The zero-order chi connectivity index (χ0) is 23.8. The molecule has 2 aromatic carbocycles. The van der Waals surface area contributed by atoms with Gasteiger partial charge in [0.05, 0.1) is 36.4 Å². The first-order valence-electron chi connectivity index (χ1n) is 10.6. The van der Waals surface area contributed by atoms with E-state index in [0.717, 1.165) is 16.8 Å². The predicted octanol–water partition coefficient (Wildman–Crippen LogP) is 4.12. The van der Waals surface area contributed by atoms with Crippen LogP contribution in [0.2, 0.25) is 0 Å². The van der Waals surface area contributed by atoms with Gasteiger partial charge in [0, 0.05) is 17.8 Å². The molecule has 0 bridgehead atoms. The number of anilines is 2. The number of benzene rings is 2. The Morgan fingerprint density at radius 1 is 1.03 bits per heavy atom. The number of methoxy groups -OCH3 is 2. The molecule has 0 aliphatic carbocycles. The fourth-order valence-corrected chi connectivity index (χ4v) is 4.38. The molecule has 0 saturated heterocycles. The van der Waals surface area contributed by atoms with Gasteiger partial charge in [0.15, 0.2) is 11.5 Å². The third-order valence-electron chi connectivity index (χ3n) is 5.98. The molecule has 8 nitrogen and oxygen atoms in total. The highest BCUT2D eigenvalue weighted by Gasteiger charge is 2.27. The van der Waals surface area contributed by atoms with Crippen LogP contribution in [-0.2, 0) is 13.0 Å². The number of rotatable bonds is 4. The first-order chi connectivity index (χ1) is 16.6. The molecule has 1 aliphatic heterocycles. The van der Waals surface area contributed by atoms with Gasteiger partial charge in [-0.1, -0.05) is 18.2 Å². The lowest BCUT2D eigenvalue weighted by Crippen LogP contribution is -2.28. The average molecular weight is 449 g/mol. The van der Waals surface area contributed by atoms with Crippen molar-refractivity contribution in [3.8, 4) is 34.9 Å². The van der Waals surface area contributed by atoms with Gasteiger partial charge in [0.25, 0.3) is 5.56 Å². The van der Waals surface area contributed by atoms with Gasteiger partial charge >= 0.3 is 0 Å². The number of para-hydroxylation sites is 1. The smallest absolute Gasteiger partial charge is 0.260 e. The minimum Gasteiger partial charge on any atom is -0.493 e. The minimum atomic E-state index is -0.292. The molecule has 0 atom stereocenters. The monoisotopic (exact) mass is 449 g/mol. The summed E-state index contributed by atoms with van der Waals surface area (Å²) in [7, 11) is 3.11. The van der Waals surface area contributed by atoms with Crippen LogP contribution in [-0.4, -0.2) is 23.8 Å². The lowest BCUT2D eigenvalue weighted by atomic mass is 9.92. The lowest BCUT2D eigenvalue weighted by molar-refractivity contribution is 0.354. The van der Waals surface area contributed by atoms with Gasteiger partial charge < -0.3 is 19.4 Å². The van der Waals surface area contributed by atoms with Crippen LogP contribution >= 0.6 is 0 Å². The molecule has 0 radical (unpaired) electrons. The second-order valence-corrected chi connectivity index (χ2v) is 7.79. The molecule has 0 fully saturated rings. The Labute approximate surface area is 195 Å². The topological polar surface area (TPSA) is 113 Å². The summed E-state index contributed by atoms with van der Waals surface area (Å²) in [6.07, 6.45) is 0.588. The van der Waals surface area contributed by atoms with Crippen LogP contribution in [0.4, 0.5) is 11.5 Å². The number of hydrogen-bond acceptors (Lipinski definition) is 7. The third kappa shape index (κ3) is 3.21. The van der Waals surface area contributed by atoms with E-state index >= 15 is 0 Å². The summed E-state index contributed by atoms with van der Waals surface area (Å²) in [4.78, 5) is 18.1. The number of aromatic nitrogens is 2. The molecule has 166 valence electrons. The van der Waals surface area contributed by atoms with E-state index in [1.54, 1.807) is 17.7 Å². The van der Waals surface area contributed by atoms with Crippen LogP contribution in [0.15, 0.2) is 53.3 Å². The largest absolute Gasteiger partial charge is 0.493 e. The van der Waals surface area contributed by atoms with Crippen molar-refractivity contribution in [2.75, 3.05) is 19.5 Å². The summed E-state index contributed by atoms with van der Waals surface area (Å²) in [5.74, 6) is 1.37. The van der Waals surface area contributed by atoms with Gasteiger partial charge in [-0.05, 0) is 42.3 Å². The van der Waals surface area contributed by atoms with Crippen molar-refractivity contribution in [2.24, 2.45) is 0 Å². The quantitative estimate of drug-likeness (QED) is 0.498. The van der Waals surface area contributed by atoms with E-state index < -0.39 is 0 Å². The maximum atomic E-state index is 13.5. The number of hydrogen-bond donors (Lipinski definition) is 1. The van der Waals surface area contributed by atoms with Crippen molar-refractivity contribution in [1.82, 2.24) is 9.55 Å². The summed E-state index contributed by atoms with van der Waals surface area (Å²) in [6, 6.07) is 18.8. The Kier molecular flexibility index (Phi) is 5.12. The summed E-state index contributed by atoms with van der Waals surface area (Å²) in [5.41, 5.74) is 3.35. The molecule has 4 aromatic rings. The predicted molar refractivity (Wildman–Crippen MR) is 127 cm³/mol. The molecular weight excluding hydrogens is 430 g/mol. The second-order valence-electron chi connectivity index (χ2n) is 7.79. The summed E-state index contributed by atoms with van der Waals surface area (Å²) in [6.45, 7) is 0.396. The SMILES string of the molecule is COc1cc2c(cc1OC)-c1c(C#N)c3nc(Nc4ccccc4)c(C#N)cc3c(=O)n1CC2. The Morgan fingerprint density at radius 2 is 1.76 bits per heavy atom. The van der Waals surface area contributed by atoms with Crippen LogP contribution in [0.1, 0.15) is 16.7 Å². The first-order valence-corrected chi connectivity index (χ1v) is 10.6. The van der Waals surface area contributed by atoms with Crippen LogP contribution in [0.25, 0.3) is 22.2 Å². The highest BCUT2D eigenvalue weighted by atomic mass is 16.5. The van der Waals surface area contributed by atoms with Gasteiger partial charge in [-0.3, -0.25) is 4.79 Å². The summed E-state index contributed by atoms with van der Waals surface area (Å²) in [5, 5.41) is 23.3. The standard InChI is InChI=1S/C26H19N5O3/c1-33-21-11-15-8-9-31-24(18(15)12-22(21)34-2)20(14-28)23-19(26(31)32)10-16(13-27)25(30-23)29-17-6-4-3-5-7-17/h3-7,10-12H,8-9H2,1-2H3,(H,29,30). The number of fused-ring (bicyclic) bond motifs is 4. The van der Waals surface area contributed by atoms with E-state index in [0.29, 0.717) is 30.2 Å². The van der Waals surface area contributed by atoms with Crippen LogP contribution in [0.3, 0.4) is 0 Å². The molecule has 0 unspecified atom stereocenters.